The van der Waals surface area contributed by atoms with E-state index in [4.69, 9.17) is 4.42 Å². The molecule has 13 rings (SSSR count). The lowest BCUT2D eigenvalue weighted by Gasteiger charge is -2.32. The first-order valence-corrected chi connectivity index (χ1v) is 22.7. The molecule has 310 valence electrons. The maximum Gasteiger partial charge on any atom is 0.135 e. The molecule has 2 aliphatic carbocycles. The van der Waals surface area contributed by atoms with E-state index in [1.54, 1.807) is 0 Å². The smallest absolute Gasteiger partial charge is 0.135 e. The Morgan fingerprint density at radius 2 is 0.727 bits per heavy atom. The summed E-state index contributed by atoms with van der Waals surface area (Å²) in [6.45, 7) is 0. The van der Waals surface area contributed by atoms with Gasteiger partial charge in [-0.3, -0.25) is 0 Å². The monoisotopic (exact) mass is 842 g/mol. The Bertz CT molecular complexity index is 3540. The predicted molar refractivity (Wildman–Crippen MR) is 273 cm³/mol. The SMILES string of the molecule is c1ccc(-c2ccc(N(c3cccc(-c4ccccc4)c3)c3ccc4c(c3)C3(c5ccccc5-c5ccc(N(c6ccccc6)c6ccccc6)cc53)c3oc5ccccc5c3-4)cc2)cc1. The molecule has 11 aromatic rings. The third-order valence-corrected chi connectivity index (χ3v) is 13.6. The molecule has 0 N–H and O–H groups in total. The maximum atomic E-state index is 7.28. The van der Waals surface area contributed by atoms with Crippen LogP contribution in [0.1, 0.15) is 22.5 Å². The van der Waals surface area contributed by atoms with E-state index in [2.05, 4.69) is 265 Å². The number of rotatable bonds is 8. The molecular weight excluding hydrogens is 801 g/mol. The molecule has 0 amide bonds. The van der Waals surface area contributed by atoms with E-state index in [1.165, 1.54) is 50.1 Å². The molecule has 1 spiro atoms. The van der Waals surface area contributed by atoms with E-state index in [1.807, 2.05) is 0 Å². The van der Waals surface area contributed by atoms with Gasteiger partial charge in [-0.05, 0) is 134 Å². The van der Waals surface area contributed by atoms with E-state index in [0.29, 0.717) is 0 Å². The first-order valence-electron chi connectivity index (χ1n) is 22.7. The van der Waals surface area contributed by atoms with Gasteiger partial charge in [0.1, 0.15) is 16.8 Å². The van der Waals surface area contributed by atoms with Crippen LogP contribution in [0.3, 0.4) is 0 Å². The second kappa shape index (κ2) is 15.3. The quantitative estimate of drug-likeness (QED) is 0.152. The van der Waals surface area contributed by atoms with Crippen molar-refractivity contribution in [3.63, 3.8) is 0 Å². The molecule has 66 heavy (non-hydrogen) atoms. The van der Waals surface area contributed by atoms with Crippen molar-refractivity contribution in [1.82, 2.24) is 0 Å². The van der Waals surface area contributed by atoms with Gasteiger partial charge < -0.3 is 14.2 Å². The molecule has 1 atom stereocenters. The Kier molecular flexibility index (Phi) is 8.75. The fraction of sp³-hybridized carbons (Fsp3) is 0.0159. The minimum absolute atomic E-state index is 0.755. The van der Waals surface area contributed by atoms with Gasteiger partial charge in [0.25, 0.3) is 0 Å². The van der Waals surface area contributed by atoms with Gasteiger partial charge >= 0.3 is 0 Å². The largest absolute Gasteiger partial charge is 0.459 e. The highest BCUT2D eigenvalue weighted by atomic mass is 16.3. The number of benzene rings is 10. The summed E-state index contributed by atoms with van der Waals surface area (Å²) in [5.41, 5.74) is 19.8. The van der Waals surface area contributed by atoms with Crippen LogP contribution < -0.4 is 9.80 Å². The van der Waals surface area contributed by atoms with Crippen molar-refractivity contribution in [3.05, 3.63) is 277 Å². The van der Waals surface area contributed by atoms with Crippen molar-refractivity contribution < 1.29 is 4.42 Å². The van der Waals surface area contributed by atoms with Crippen LogP contribution in [0.5, 0.6) is 0 Å². The zero-order chi connectivity index (χ0) is 43.6. The average Bonchev–Trinajstić information content (AvgIpc) is 4.01. The van der Waals surface area contributed by atoms with Crippen LogP contribution in [-0.4, -0.2) is 0 Å². The van der Waals surface area contributed by atoms with Crippen molar-refractivity contribution in [1.29, 1.82) is 0 Å². The number of hydrogen-bond donors (Lipinski definition) is 0. The fourth-order valence-electron chi connectivity index (χ4n) is 10.8. The maximum absolute atomic E-state index is 7.28. The number of furan rings is 1. The van der Waals surface area contributed by atoms with Gasteiger partial charge in [0.05, 0.1) is 0 Å². The number of hydrogen-bond acceptors (Lipinski definition) is 3. The first kappa shape index (κ1) is 37.9. The number of nitrogens with zero attached hydrogens (tertiary/aromatic N) is 2. The van der Waals surface area contributed by atoms with Crippen LogP contribution in [0.25, 0.3) is 55.5 Å². The van der Waals surface area contributed by atoms with E-state index in [9.17, 15) is 0 Å². The molecule has 0 aliphatic heterocycles. The molecule has 0 saturated carbocycles. The highest BCUT2D eigenvalue weighted by Crippen LogP contribution is 2.65. The molecule has 0 saturated heterocycles. The van der Waals surface area contributed by atoms with Gasteiger partial charge in [0.15, 0.2) is 0 Å². The lowest BCUT2D eigenvalue weighted by Crippen LogP contribution is -2.26. The van der Waals surface area contributed by atoms with Gasteiger partial charge in [-0.15, -0.1) is 0 Å². The molecule has 0 radical (unpaired) electrons. The molecule has 1 unspecified atom stereocenters. The summed E-state index contributed by atoms with van der Waals surface area (Å²) in [5.74, 6) is 0.968. The highest BCUT2D eigenvalue weighted by Gasteiger charge is 2.55. The molecule has 2 aliphatic rings. The van der Waals surface area contributed by atoms with Crippen molar-refractivity contribution in [2.24, 2.45) is 0 Å². The number of para-hydroxylation sites is 3. The Morgan fingerprint density at radius 1 is 0.288 bits per heavy atom. The van der Waals surface area contributed by atoms with Crippen LogP contribution in [0.15, 0.2) is 259 Å². The van der Waals surface area contributed by atoms with Crippen LogP contribution >= 0.6 is 0 Å². The Balaban J connectivity index is 1.07. The van der Waals surface area contributed by atoms with Crippen molar-refractivity contribution >= 4 is 45.1 Å². The minimum Gasteiger partial charge on any atom is -0.459 e. The first-order chi connectivity index (χ1) is 32.7. The summed E-state index contributed by atoms with van der Waals surface area (Å²) in [5, 5.41) is 1.12. The second-order valence-corrected chi connectivity index (χ2v) is 17.2. The Morgan fingerprint density at radius 3 is 1.41 bits per heavy atom. The van der Waals surface area contributed by atoms with Crippen LogP contribution in [0.4, 0.5) is 34.1 Å². The van der Waals surface area contributed by atoms with Crippen molar-refractivity contribution in [2.75, 3.05) is 9.80 Å². The summed E-state index contributed by atoms with van der Waals surface area (Å²) in [7, 11) is 0. The lowest BCUT2D eigenvalue weighted by atomic mass is 9.73. The van der Waals surface area contributed by atoms with E-state index < -0.39 is 5.41 Å². The van der Waals surface area contributed by atoms with E-state index in [0.717, 1.165) is 62.0 Å². The lowest BCUT2D eigenvalue weighted by molar-refractivity contribution is 0.507. The topological polar surface area (TPSA) is 19.6 Å². The van der Waals surface area contributed by atoms with Gasteiger partial charge in [-0.25, -0.2) is 0 Å². The summed E-state index contributed by atoms with van der Waals surface area (Å²) in [4.78, 5) is 4.78. The minimum atomic E-state index is -0.755. The molecule has 10 aromatic carbocycles. The van der Waals surface area contributed by atoms with Crippen molar-refractivity contribution in [3.8, 4) is 44.5 Å². The molecule has 1 aromatic heterocycles. The molecule has 0 bridgehead atoms. The Hall–Kier alpha value is -8.66. The van der Waals surface area contributed by atoms with Crippen LogP contribution in [-0.2, 0) is 5.41 Å². The van der Waals surface area contributed by atoms with Gasteiger partial charge in [0, 0.05) is 45.1 Å². The van der Waals surface area contributed by atoms with Crippen LogP contribution in [0, 0.1) is 0 Å². The summed E-state index contributed by atoms with van der Waals surface area (Å²) < 4.78 is 7.28. The zero-order valence-electron chi connectivity index (χ0n) is 36.1. The zero-order valence-corrected chi connectivity index (χ0v) is 36.1. The van der Waals surface area contributed by atoms with Gasteiger partial charge in [-0.1, -0.05) is 176 Å². The predicted octanol–water partition coefficient (Wildman–Crippen LogP) is 17.0. The number of anilines is 6. The molecular formula is C63H42N2O. The summed E-state index contributed by atoms with van der Waals surface area (Å²) >= 11 is 0. The van der Waals surface area contributed by atoms with Gasteiger partial charge in [-0.2, -0.15) is 0 Å². The summed E-state index contributed by atoms with van der Waals surface area (Å²) in [6.07, 6.45) is 0. The molecule has 0 fully saturated rings. The van der Waals surface area contributed by atoms with E-state index in [-0.39, 0.29) is 0 Å². The van der Waals surface area contributed by atoms with Crippen LogP contribution in [0.2, 0.25) is 0 Å². The Labute approximate surface area is 384 Å². The fourth-order valence-corrected chi connectivity index (χ4v) is 10.8. The third-order valence-electron chi connectivity index (χ3n) is 13.6. The molecule has 1 heterocycles. The summed E-state index contributed by atoms with van der Waals surface area (Å²) in [6, 6.07) is 92.2. The molecule has 3 heteroatoms. The highest BCUT2D eigenvalue weighted by molar-refractivity contribution is 6.05. The van der Waals surface area contributed by atoms with Crippen molar-refractivity contribution in [2.45, 2.75) is 5.41 Å². The number of fused-ring (bicyclic) bond motifs is 12. The van der Waals surface area contributed by atoms with E-state index >= 15 is 0 Å². The third kappa shape index (κ3) is 5.84. The second-order valence-electron chi connectivity index (χ2n) is 17.2. The average molecular weight is 843 g/mol. The normalized spacial score (nSPS) is 14.1. The standard InChI is InChI=1S/C63H42N2O/c1-5-18-43(19-6-1)45-32-34-49(35-33-45)65(50-27-17-22-46(40-50)44-20-7-2-8-21-44)52-37-39-55-59(42-52)63(62-61(55)56-29-14-16-31-60(56)66-62)57-30-15-13-28-53(57)54-38-36-51(41-58(54)63)64(47-23-9-3-10-24-47)48-25-11-4-12-26-48/h1-42H. The van der Waals surface area contributed by atoms with Gasteiger partial charge in [0.2, 0.25) is 0 Å². The molecule has 3 nitrogen and oxygen atoms in total.